The van der Waals surface area contributed by atoms with Crippen LogP contribution in [0.5, 0.6) is 0 Å². The van der Waals surface area contributed by atoms with E-state index in [1.807, 2.05) is 0 Å². The van der Waals surface area contributed by atoms with Gasteiger partial charge in [0.05, 0.1) is 17.0 Å². The van der Waals surface area contributed by atoms with E-state index in [-0.39, 0.29) is 6.42 Å². The zero-order valence-electron chi connectivity index (χ0n) is 8.30. The third-order valence-corrected chi connectivity index (χ3v) is 3.14. The second kappa shape index (κ2) is 3.65. The SMILES string of the molecule is Cc1nc(CC(=O)O)sc1C(C)(C)F. The van der Waals surface area contributed by atoms with E-state index in [2.05, 4.69) is 4.98 Å². The van der Waals surface area contributed by atoms with Crippen molar-refractivity contribution in [3.63, 3.8) is 0 Å². The maximum absolute atomic E-state index is 13.6. The molecule has 0 fully saturated rings. The molecule has 1 N–H and O–H groups in total. The number of aliphatic carboxylic acids is 1. The first-order chi connectivity index (χ1) is 6.30. The second-order valence-electron chi connectivity index (χ2n) is 3.57. The number of nitrogens with zero attached hydrogens (tertiary/aromatic N) is 1. The number of carboxylic acid groups (broad SMARTS) is 1. The molecule has 0 aromatic carbocycles. The summed E-state index contributed by atoms with van der Waals surface area (Å²) in [5, 5.41) is 9.00. The molecular formula is C9H12FNO2S. The fraction of sp³-hybridized carbons (Fsp3) is 0.556. The molecule has 0 bridgehead atoms. The largest absolute Gasteiger partial charge is 0.481 e. The van der Waals surface area contributed by atoms with E-state index in [9.17, 15) is 9.18 Å². The van der Waals surface area contributed by atoms with Crippen LogP contribution in [-0.2, 0) is 16.9 Å². The summed E-state index contributed by atoms with van der Waals surface area (Å²) in [5.41, 5.74) is -0.864. The van der Waals surface area contributed by atoms with Gasteiger partial charge in [0, 0.05) is 0 Å². The smallest absolute Gasteiger partial charge is 0.310 e. The number of hydrogen-bond acceptors (Lipinski definition) is 3. The average Bonchev–Trinajstić information content (AvgIpc) is 2.27. The minimum atomic E-state index is -1.45. The molecule has 5 heteroatoms. The summed E-state index contributed by atoms with van der Waals surface area (Å²) in [6, 6.07) is 0. The summed E-state index contributed by atoms with van der Waals surface area (Å²) in [6.07, 6.45) is -0.137. The van der Waals surface area contributed by atoms with Crippen LogP contribution in [0, 0.1) is 6.92 Å². The van der Waals surface area contributed by atoms with Gasteiger partial charge in [-0.3, -0.25) is 4.79 Å². The molecule has 0 aliphatic carbocycles. The number of carbonyl (C=O) groups is 1. The van der Waals surface area contributed by atoms with Crippen molar-refractivity contribution in [2.24, 2.45) is 0 Å². The van der Waals surface area contributed by atoms with E-state index >= 15 is 0 Å². The number of alkyl halides is 1. The molecule has 0 atom stereocenters. The summed E-state index contributed by atoms with van der Waals surface area (Å²) < 4.78 is 13.6. The molecule has 1 aromatic rings. The number of rotatable bonds is 3. The topological polar surface area (TPSA) is 50.2 Å². The fourth-order valence-corrected chi connectivity index (χ4v) is 2.26. The second-order valence-corrected chi connectivity index (χ2v) is 4.65. The Labute approximate surface area is 85.6 Å². The Morgan fingerprint density at radius 1 is 1.64 bits per heavy atom. The van der Waals surface area contributed by atoms with Crippen LogP contribution in [-0.4, -0.2) is 16.1 Å². The molecule has 14 heavy (non-hydrogen) atoms. The highest BCUT2D eigenvalue weighted by atomic mass is 32.1. The lowest BCUT2D eigenvalue weighted by atomic mass is 10.1. The van der Waals surface area contributed by atoms with Gasteiger partial charge in [0.25, 0.3) is 0 Å². The molecule has 0 saturated heterocycles. The number of halogens is 1. The van der Waals surface area contributed by atoms with E-state index in [1.54, 1.807) is 6.92 Å². The zero-order valence-corrected chi connectivity index (χ0v) is 9.11. The fourth-order valence-electron chi connectivity index (χ4n) is 1.21. The van der Waals surface area contributed by atoms with Gasteiger partial charge in [-0.2, -0.15) is 0 Å². The Morgan fingerprint density at radius 2 is 2.21 bits per heavy atom. The normalized spacial score (nSPS) is 11.7. The Kier molecular flexibility index (Phi) is 2.89. The summed E-state index contributed by atoms with van der Waals surface area (Å²) in [6.45, 7) is 4.58. The third kappa shape index (κ3) is 2.51. The molecule has 0 radical (unpaired) electrons. The van der Waals surface area contributed by atoms with E-state index in [4.69, 9.17) is 5.11 Å². The predicted molar refractivity (Wildman–Crippen MR) is 52.3 cm³/mol. The Bertz CT molecular complexity index is 354. The Balaban J connectivity index is 2.99. The molecule has 0 spiro atoms. The summed E-state index contributed by atoms with van der Waals surface area (Å²) in [4.78, 5) is 14.9. The van der Waals surface area contributed by atoms with Crippen molar-refractivity contribution in [2.45, 2.75) is 32.9 Å². The van der Waals surface area contributed by atoms with Gasteiger partial charge in [-0.15, -0.1) is 11.3 Å². The highest BCUT2D eigenvalue weighted by Crippen LogP contribution is 2.32. The minimum absolute atomic E-state index is 0.137. The van der Waals surface area contributed by atoms with Gasteiger partial charge in [-0.25, -0.2) is 9.37 Å². The molecule has 0 amide bonds. The molecule has 0 aliphatic rings. The van der Waals surface area contributed by atoms with Crippen molar-refractivity contribution in [1.82, 2.24) is 4.98 Å². The molecule has 3 nitrogen and oxygen atoms in total. The molecule has 1 heterocycles. The minimum Gasteiger partial charge on any atom is -0.481 e. The number of thiazole rings is 1. The number of aromatic nitrogens is 1. The Hall–Kier alpha value is -0.970. The van der Waals surface area contributed by atoms with Gasteiger partial charge in [-0.1, -0.05) is 0 Å². The van der Waals surface area contributed by atoms with Crippen molar-refractivity contribution in [2.75, 3.05) is 0 Å². The summed E-state index contributed by atoms with van der Waals surface area (Å²) >= 11 is 1.13. The highest BCUT2D eigenvalue weighted by molar-refractivity contribution is 7.12. The molecule has 0 saturated carbocycles. The molecule has 1 aromatic heterocycles. The maximum atomic E-state index is 13.6. The van der Waals surface area contributed by atoms with E-state index in [1.165, 1.54) is 13.8 Å². The van der Waals surface area contributed by atoms with Crippen LogP contribution in [0.25, 0.3) is 0 Å². The van der Waals surface area contributed by atoms with Gasteiger partial charge in [-0.05, 0) is 20.8 Å². The van der Waals surface area contributed by atoms with Crippen LogP contribution in [0.15, 0.2) is 0 Å². The average molecular weight is 217 g/mol. The van der Waals surface area contributed by atoms with Crippen molar-refractivity contribution in [1.29, 1.82) is 0 Å². The van der Waals surface area contributed by atoms with Crippen molar-refractivity contribution in [3.05, 3.63) is 15.6 Å². The number of carboxylic acids is 1. The first-order valence-corrected chi connectivity index (χ1v) is 5.00. The van der Waals surface area contributed by atoms with Crippen LogP contribution in [0.1, 0.15) is 29.4 Å². The monoisotopic (exact) mass is 217 g/mol. The lowest BCUT2D eigenvalue weighted by Gasteiger charge is -2.11. The van der Waals surface area contributed by atoms with Crippen molar-refractivity contribution in [3.8, 4) is 0 Å². The number of hydrogen-bond donors (Lipinski definition) is 1. The quantitative estimate of drug-likeness (QED) is 0.845. The molecular weight excluding hydrogens is 205 g/mol. The summed E-state index contributed by atoms with van der Waals surface area (Å²) in [5.74, 6) is -0.943. The zero-order chi connectivity index (χ0) is 10.9. The molecule has 0 unspecified atom stereocenters. The predicted octanol–water partition coefficient (Wildman–Crippen LogP) is 2.28. The van der Waals surface area contributed by atoms with Crippen LogP contribution < -0.4 is 0 Å². The molecule has 78 valence electrons. The van der Waals surface area contributed by atoms with Crippen LogP contribution >= 0.6 is 11.3 Å². The third-order valence-electron chi connectivity index (χ3n) is 1.68. The molecule has 0 aliphatic heterocycles. The van der Waals surface area contributed by atoms with Crippen LogP contribution in [0.3, 0.4) is 0 Å². The van der Waals surface area contributed by atoms with Gasteiger partial charge in [0.2, 0.25) is 0 Å². The van der Waals surface area contributed by atoms with Gasteiger partial charge < -0.3 is 5.11 Å². The van der Waals surface area contributed by atoms with E-state index < -0.39 is 11.6 Å². The molecule has 1 rings (SSSR count). The standard InChI is InChI=1S/C9H12FNO2S/c1-5-8(9(2,3)10)14-6(11-5)4-7(12)13/h4H2,1-3H3,(H,12,13). The van der Waals surface area contributed by atoms with E-state index in [0.717, 1.165) is 11.3 Å². The van der Waals surface area contributed by atoms with Gasteiger partial charge in [0.1, 0.15) is 10.7 Å². The lowest BCUT2D eigenvalue weighted by Crippen LogP contribution is -2.07. The Morgan fingerprint density at radius 3 is 2.57 bits per heavy atom. The highest BCUT2D eigenvalue weighted by Gasteiger charge is 2.25. The van der Waals surface area contributed by atoms with Crippen LogP contribution in [0.2, 0.25) is 0 Å². The van der Waals surface area contributed by atoms with Crippen molar-refractivity contribution < 1.29 is 14.3 Å². The number of aryl methyl sites for hydroxylation is 1. The van der Waals surface area contributed by atoms with Crippen molar-refractivity contribution >= 4 is 17.3 Å². The maximum Gasteiger partial charge on any atom is 0.310 e. The lowest BCUT2D eigenvalue weighted by molar-refractivity contribution is -0.136. The van der Waals surface area contributed by atoms with Crippen LogP contribution in [0.4, 0.5) is 4.39 Å². The first-order valence-electron chi connectivity index (χ1n) is 4.18. The van der Waals surface area contributed by atoms with Gasteiger partial charge >= 0.3 is 5.97 Å². The van der Waals surface area contributed by atoms with Gasteiger partial charge in [0.15, 0.2) is 0 Å². The summed E-state index contributed by atoms with van der Waals surface area (Å²) in [7, 11) is 0. The first kappa shape index (κ1) is 11.1. The van der Waals surface area contributed by atoms with E-state index in [0.29, 0.717) is 15.6 Å².